The van der Waals surface area contributed by atoms with Crippen molar-refractivity contribution in [3.63, 3.8) is 0 Å². The lowest BCUT2D eigenvalue weighted by Crippen LogP contribution is -2.40. The fraction of sp³-hybridized carbons (Fsp3) is 0.429. The predicted octanol–water partition coefficient (Wildman–Crippen LogP) is -0.891. The second-order valence-corrected chi connectivity index (χ2v) is 2.34. The van der Waals surface area contributed by atoms with Gasteiger partial charge in [0, 0.05) is 0 Å². The van der Waals surface area contributed by atoms with Crippen LogP contribution in [0.25, 0.3) is 0 Å². The van der Waals surface area contributed by atoms with Gasteiger partial charge in [0.05, 0.1) is 0 Å². The largest absolute Gasteiger partial charge is 0.339 e. The van der Waals surface area contributed by atoms with E-state index in [-0.39, 0.29) is 18.4 Å². The van der Waals surface area contributed by atoms with E-state index in [1.807, 2.05) is 0 Å². The number of rotatable bonds is 2. The fourth-order valence-corrected chi connectivity index (χ4v) is 0.821. The SMILES string of the molecule is C/C=C/C(=O)N[C@@H]1CONC1=O. The van der Waals surface area contributed by atoms with Crippen LogP contribution in [0.5, 0.6) is 0 Å². The molecule has 2 amide bonds. The van der Waals surface area contributed by atoms with E-state index in [2.05, 4.69) is 15.6 Å². The summed E-state index contributed by atoms with van der Waals surface area (Å²) in [5, 5.41) is 2.47. The van der Waals surface area contributed by atoms with Gasteiger partial charge in [0.25, 0.3) is 5.91 Å². The van der Waals surface area contributed by atoms with Crippen LogP contribution >= 0.6 is 0 Å². The first kappa shape index (κ1) is 8.73. The van der Waals surface area contributed by atoms with Crippen LogP contribution in [0.15, 0.2) is 12.2 Å². The summed E-state index contributed by atoms with van der Waals surface area (Å²) in [6, 6.07) is -0.561. The van der Waals surface area contributed by atoms with Crippen LogP contribution in [0.2, 0.25) is 0 Å². The molecule has 1 fully saturated rings. The van der Waals surface area contributed by atoms with Gasteiger partial charge in [-0.1, -0.05) is 6.08 Å². The van der Waals surface area contributed by atoms with Crippen molar-refractivity contribution in [3.05, 3.63) is 12.2 Å². The number of allylic oxidation sites excluding steroid dienone is 1. The first-order chi connectivity index (χ1) is 5.74. The molecule has 1 atom stereocenters. The fourth-order valence-electron chi connectivity index (χ4n) is 0.821. The van der Waals surface area contributed by atoms with Crippen molar-refractivity contribution in [2.75, 3.05) is 6.61 Å². The zero-order valence-corrected chi connectivity index (χ0v) is 6.66. The highest BCUT2D eigenvalue weighted by Gasteiger charge is 2.25. The molecule has 1 saturated heterocycles. The van der Waals surface area contributed by atoms with E-state index in [1.54, 1.807) is 13.0 Å². The van der Waals surface area contributed by atoms with Gasteiger partial charge in [0.2, 0.25) is 5.91 Å². The monoisotopic (exact) mass is 170 g/mol. The maximum Gasteiger partial charge on any atom is 0.268 e. The Labute approximate surface area is 69.7 Å². The van der Waals surface area contributed by atoms with Crippen molar-refractivity contribution in [1.29, 1.82) is 0 Å². The van der Waals surface area contributed by atoms with Gasteiger partial charge in [-0.25, -0.2) is 5.48 Å². The maximum absolute atomic E-state index is 10.9. The molecule has 0 saturated carbocycles. The highest BCUT2D eigenvalue weighted by atomic mass is 16.7. The van der Waals surface area contributed by atoms with Crippen molar-refractivity contribution in [1.82, 2.24) is 10.8 Å². The van der Waals surface area contributed by atoms with Crippen LogP contribution in [0.4, 0.5) is 0 Å². The third-order valence-corrected chi connectivity index (χ3v) is 1.37. The topological polar surface area (TPSA) is 67.4 Å². The number of amides is 2. The molecular formula is C7H10N2O3. The van der Waals surface area contributed by atoms with Crippen LogP contribution in [0, 0.1) is 0 Å². The number of hydroxylamine groups is 1. The molecule has 5 nitrogen and oxygen atoms in total. The maximum atomic E-state index is 10.9. The van der Waals surface area contributed by atoms with Crippen molar-refractivity contribution < 1.29 is 14.4 Å². The van der Waals surface area contributed by atoms with Gasteiger partial charge >= 0.3 is 0 Å². The molecule has 1 rings (SSSR count). The van der Waals surface area contributed by atoms with Crippen LogP contribution in [0.3, 0.4) is 0 Å². The Morgan fingerprint density at radius 2 is 2.58 bits per heavy atom. The van der Waals surface area contributed by atoms with Gasteiger partial charge in [-0.05, 0) is 13.0 Å². The summed E-state index contributed by atoms with van der Waals surface area (Å²) >= 11 is 0. The van der Waals surface area contributed by atoms with Gasteiger partial charge < -0.3 is 5.32 Å². The van der Waals surface area contributed by atoms with E-state index in [0.29, 0.717) is 0 Å². The Hall–Kier alpha value is -1.36. The second-order valence-electron chi connectivity index (χ2n) is 2.34. The van der Waals surface area contributed by atoms with E-state index < -0.39 is 6.04 Å². The number of hydrogen-bond donors (Lipinski definition) is 2. The van der Waals surface area contributed by atoms with Crippen LogP contribution in [0.1, 0.15) is 6.92 Å². The van der Waals surface area contributed by atoms with Crippen LogP contribution in [-0.2, 0) is 14.4 Å². The van der Waals surface area contributed by atoms with Gasteiger partial charge in [-0.2, -0.15) is 0 Å². The third-order valence-electron chi connectivity index (χ3n) is 1.37. The van der Waals surface area contributed by atoms with Crippen LogP contribution < -0.4 is 10.8 Å². The molecule has 1 aliphatic rings. The Morgan fingerprint density at radius 3 is 3.08 bits per heavy atom. The van der Waals surface area contributed by atoms with E-state index in [4.69, 9.17) is 0 Å². The number of carbonyl (C=O) groups is 2. The summed E-state index contributed by atoms with van der Waals surface area (Å²) in [6.45, 7) is 1.91. The summed E-state index contributed by atoms with van der Waals surface area (Å²) in [4.78, 5) is 26.4. The van der Waals surface area contributed by atoms with E-state index in [9.17, 15) is 9.59 Å². The van der Waals surface area contributed by atoms with Gasteiger partial charge in [0.15, 0.2) is 0 Å². The number of hydrogen-bond acceptors (Lipinski definition) is 3. The summed E-state index contributed by atoms with van der Waals surface area (Å²) in [7, 11) is 0. The van der Waals surface area contributed by atoms with Crippen molar-refractivity contribution in [2.45, 2.75) is 13.0 Å². The minimum absolute atomic E-state index is 0.183. The van der Waals surface area contributed by atoms with E-state index >= 15 is 0 Å². The van der Waals surface area contributed by atoms with Crippen molar-refractivity contribution in [2.24, 2.45) is 0 Å². The second kappa shape index (κ2) is 3.87. The van der Waals surface area contributed by atoms with Gasteiger partial charge in [-0.3, -0.25) is 14.4 Å². The molecule has 0 aromatic carbocycles. The number of nitrogens with one attached hydrogen (secondary N) is 2. The molecule has 0 bridgehead atoms. The summed E-state index contributed by atoms with van der Waals surface area (Å²) < 4.78 is 0. The summed E-state index contributed by atoms with van der Waals surface area (Å²) in [5.41, 5.74) is 2.14. The predicted molar refractivity (Wildman–Crippen MR) is 40.8 cm³/mol. The standard InChI is InChI=1S/C7H10N2O3/c1-2-3-6(10)8-5-4-12-9-7(5)11/h2-3,5H,4H2,1H3,(H,8,10)(H,9,11)/b3-2+/t5-/m1/s1. The molecule has 12 heavy (non-hydrogen) atoms. The molecule has 2 N–H and O–H groups in total. The zero-order valence-electron chi connectivity index (χ0n) is 6.66. The van der Waals surface area contributed by atoms with E-state index in [0.717, 1.165) is 0 Å². The average Bonchev–Trinajstić information content (AvgIpc) is 2.37. The average molecular weight is 170 g/mol. The summed E-state index contributed by atoms with van der Waals surface area (Å²) in [5.74, 6) is -0.601. The zero-order chi connectivity index (χ0) is 8.97. The minimum atomic E-state index is -0.561. The lowest BCUT2D eigenvalue weighted by molar-refractivity contribution is -0.127. The van der Waals surface area contributed by atoms with Crippen molar-refractivity contribution >= 4 is 11.8 Å². The van der Waals surface area contributed by atoms with Gasteiger partial charge in [-0.15, -0.1) is 0 Å². The Bertz CT molecular complexity index is 225. The first-order valence-electron chi connectivity index (χ1n) is 3.59. The molecule has 0 spiro atoms. The molecule has 66 valence electrons. The highest BCUT2D eigenvalue weighted by molar-refractivity contribution is 5.93. The smallest absolute Gasteiger partial charge is 0.268 e. The molecule has 0 radical (unpaired) electrons. The molecule has 5 heteroatoms. The molecule has 1 aliphatic heterocycles. The molecule has 1 heterocycles. The number of carbonyl (C=O) groups excluding carboxylic acids is 2. The quantitative estimate of drug-likeness (QED) is 0.528. The normalized spacial score (nSPS) is 22.8. The Kier molecular flexibility index (Phi) is 2.82. The van der Waals surface area contributed by atoms with Crippen molar-refractivity contribution in [3.8, 4) is 0 Å². The lowest BCUT2D eigenvalue weighted by atomic mass is 10.3. The third kappa shape index (κ3) is 2.06. The summed E-state index contributed by atoms with van der Waals surface area (Å²) in [6.07, 6.45) is 2.95. The Morgan fingerprint density at radius 1 is 1.83 bits per heavy atom. The molecule has 0 aromatic heterocycles. The first-order valence-corrected chi connectivity index (χ1v) is 3.59. The molecule has 0 aromatic rings. The highest BCUT2D eigenvalue weighted by Crippen LogP contribution is 1.93. The lowest BCUT2D eigenvalue weighted by Gasteiger charge is -2.04. The van der Waals surface area contributed by atoms with E-state index in [1.165, 1.54) is 6.08 Å². The van der Waals surface area contributed by atoms with Crippen LogP contribution in [-0.4, -0.2) is 24.5 Å². The van der Waals surface area contributed by atoms with Gasteiger partial charge in [0.1, 0.15) is 12.6 Å². The minimum Gasteiger partial charge on any atom is -0.339 e. The molecule has 0 aliphatic carbocycles. The molecule has 0 unspecified atom stereocenters. The Balaban J connectivity index is 2.40. The molecular weight excluding hydrogens is 160 g/mol.